The summed E-state index contributed by atoms with van der Waals surface area (Å²) < 4.78 is 1.69. The molecule has 0 saturated heterocycles. The van der Waals surface area contributed by atoms with E-state index in [9.17, 15) is 4.79 Å². The molecule has 4 aromatic rings. The summed E-state index contributed by atoms with van der Waals surface area (Å²) >= 11 is 6.83. The first kappa shape index (κ1) is 20.0. The van der Waals surface area contributed by atoms with E-state index in [1.54, 1.807) is 10.8 Å². The van der Waals surface area contributed by atoms with Crippen LogP contribution in [0.25, 0.3) is 23.0 Å². The third kappa shape index (κ3) is 3.53. The Hall–Kier alpha value is -3.96. The number of benzene rings is 3. The maximum Gasteiger partial charge on any atom is 0.280 e. The number of carbonyl (C=O) groups is 1. The van der Waals surface area contributed by atoms with Gasteiger partial charge in [0, 0.05) is 11.1 Å². The highest BCUT2D eigenvalue weighted by Crippen LogP contribution is 2.34. The second kappa shape index (κ2) is 8.29. The third-order valence-electron chi connectivity index (χ3n) is 5.26. The molecule has 5 nitrogen and oxygen atoms in total. The predicted molar refractivity (Wildman–Crippen MR) is 129 cm³/mol. The molecule has 0 radical (unpaired) electrons. The van der Waals surface area contributed by atoms with Gasteiger partial charge in [-0.25, -0.2) is 4.68 Å². The van der Waals surface area contributed by atoms with Gasteiger partial charge >= 0.3 is 0 Å². The van der Waals surface area contributed by atoms with Crippen molar-refractivity contribution in [2.45, 2.75) is 6.92 Å². The van der Waals surface area contributed by atoms with Gasteiger partial charge in [-0.05, 0) is 37.3 Å². The van der Waals surface area contributed by atoms with E-state index in [1.807, 2.05) is 97.9 Å². The van der Waals surface area contributed by atoms with Crippen LogP contribution in [0.4, 0.5) is 5.69 Å². The van der Waals surface area contributed by atoms with Crippen LogP contribution in [0, 0.1) is 0 Å². The van der Waals surface area contributed by atoms with Crippen LogP contribution in [0.15, 0.2) is 102 Å². The number of anilines is 1. The molecule has 1 aromatic heterocycles. The van der Waals surface area contributed by atoms with Gasteiger partial charge in [0.05, 0.1) is 22.7 Å². The third-order valence-corrected chi connectivity index (χ3v) is 5.63. The van der Waals surface area contributed by atoms with E-state index in [-0.39, 0.29) is 5.91 Å². The number of hydrazone groups is 1. The first-order valence-corrected chi connectivity index (χ1v) is 10.6. The minimum absolute atomic E-state index is 0.198. The zero-order valence-electron chi connectivity index (χ0n) is 17.3. The van der Waals surface area contributed by atoms with Crippen LogP contribution in [-0.4, -0.2) is 21.4 Å². The number of nitrogens with zero attached hydrogens (tertiary/aromatic N) is 4. The first-order valence-electron chi connectivity index (χ1n) is 10.2. The molecule has 0 unspecified atom stereocenters. The molecule has 32 heavy (non-hydrogen) atoms. The maximum atomic E-state index is 13.2. The van der Waals surface area contributed by atoms with Crippen LogP contribution in [0.2, 0.25) is 5.15 Å². The summed E-state index contributed by atoms with van der Waals surface area (Å²) in [6.45, 7) is 1.82. The molecule has 0 aliphatic carbocycles. The molecule has 6 heteroatoms. The molecular weight excluding hydrogens is 420 g/mol. The molecule has 1 aliphatic heterocycles. The molecule has 1 aliphatic rings. The Balaban J connectivity index is 1.65. The van der Waals surface area contributed by atoms with Crippen molar-refractivity contribution in [3.63, 3.8) is 0 Å². The van der Waals surface area contributed by atoms with Crippen LogP contribution in [0.1, 0.15) is 12.5 Å². The van der Waals surface area contributed by atoms with E-state index in [1.165, 1.54) is 5.01 Å². The lowest BCUT2D eigenvalue weighted by atomic mass is 10.0. The van der Waals surface area contributed by atoms with Crippen molar-refractivity contribution in [1.29, 1.82) is 0 Å². The topological polar surface area (TPSA) is 50.5 Å². The van der Waals surface area contributed by atoms with E-state index in [0.29, 0.717) is 27.7 Å². The molecular formula is C26H19ClN4O. The van der Waals surface area contributed by atoms with Gasteiger partial charge in [0.15, 0.2) is 0 Å². The largest absolute Gasteiger partial charge is 0.280 e. The first-order chi connectivity index (χ1) is 15.6. The molecule has 0 N–H and O–H groups in total. The van der Waals surface area contributed by atoms with Crippen molar-refractivity contribution in [2.75, 3.05) is 5.01 Å². The molecule has 5 rings (SSSR count). The standard InChI is InChI=1S/C26H19ClN4O/c1-18-22(26(32)31(28-18)21-15-9-4-10-16-21)17-23-24(19-11-5-2-6-12-19)29-30(25(23)27)20-13-7-3-8-14-20/h2-17H,1H3/b22-17+. The number of para-hydroxylation sites is 2. The van der Waals surface area contributed by atoms with Gasteiger partial charge in [-0.3, -0.25) is 4.79 Å². The van der Waals surface area contributed by atoms with Crippen molar-refractivity contribution in [2.24, 2.45) is 5.10 Å². The highest BCUT2D eigenvalue weighted by Gasteiger charge is 2.30. The minimum Gasteiger partial charge on any atom is -0.267 e. The zero-order chi connectivity index (χ0) is 22.1. The number of amides is 1. The Bertz CT molecular complexity index is 1340. The van der Waals surface area contributed by atoms with Gasteiger partial charge in [0.2, 0.25) is 0 Å². The van der Waals surface area contributed by atoms with Crippen molar-refractivity contribution in [3.8, 4) is 16.9 Å². The number of rotatable bonds is 4. The average Bonchev–Trinajstić information content (AvgIpc) is 3.32. The van der Waals surface area contributed by atoms with Gasteiger partial charge in [0.25, 0.3) is 5.91 Å². The smallest absolute Gasteiger partial charge is 0.267 e. The van der Waals surface area contributed by atoms with Crippen LogP contribution in [-0.2, 0) is 4.79 Å². The van der Waals surface area contributed by atoms with Crippen molar-refractivity contribution >= 4 is 35.0 Å². The molecule has 1 amide bonds. The summed E-state index contributed by atoms with van der Waals surface area (Å²) in [5, 5.41) is 11.1. The number of aromatic nitrogens is 2. The lowest BCUT2D eigenvalue weighted by Crippen LogP contribution is -2.21. The van der Waals surface area contributed by atoms with Gasteiger partial charge in [-0.1, -0.05) is 78.3 Å². The van der Waals surface area contributed by atoms with Crippen molar-refractivity contribution in [3.05, 3.63) is 107 Å². The number of hydrogen-bond donors (Lipinski definition) is 0. The monoisotopic (exact) mass is 438 g/mol. The quantitative estimate of drug-likeness (QED) is 0.367. The zero-order valence-corrected chi connectivity index (χ0v) is 18.1. The molecule has 0 bridgehead atoms. The Labute approximate surface area is 190 Å². The number of carbonyl (C=O) groups excluding carboxylic acids is 1. The van der Waals surface area contributed by atoms with Gasteiger partial charge in [-0.2, -0.15) is 15.2 Å². The Kier molecular flexibility index (Phi) is 5.17. The van der Waals surface area contributed by atoms with Crippen molar-refractivity contribution < 1.29 is 4.79 Å². The lowest BCUT2D eigenvalue weighted by molar-refractivity contribution is -0.114. The molecule has 3 aromatic carbocycles. The highest BCUT2D eigenvalue weighted by molar-refractivity contribution is 6.35. The van der Waals surface area contributed by atoms with Gasteiger partial charge in [0.1, 0.15) is 10.8 Å². The summed E-state index contributed by atoms with van der Waals surface area (Å²) in [5.74, 6) is -0.198. The highest BCUT2D eigenvalue weighted by atomic mass is 35.5. The molecule has 0 fully saturated rings. The fourth-order valence-electron chi connectivity index (χ4n) is 3.66. The molecule has 0 saturated carbocycles. The SMILES string of the molecule is CC1=NN(c2ccccc2)C(=O)/C1=C/c1c(-c2ccccc2)nn(-c2ccccc2)c1Cl. The second-order valence-electron chi connectivity index (χ2n) is 7.36. The molecule has 0 atom stereocenters. The van der Waals surface area contributed by atoms with E-state index in [4.69, 9.17) is 16.7 Å². The second-order valence-corrected chi connectivity index (χ2v) is 7.72. The average molecular weight is 439 g/mol. The number of hydrogen-bond acceptors (Lipinski definition) is 3. The van der Waals surface area contributed by atoms with Crippen LogP contribution in [0.3, 0.4) is 0 Å². The van der Waals surface area contributed by atoms with E-state index in [2.05, 4.69) is 5.10 Å². The Morgan fingerprint density at radius 3 is 2.00 bits per heavy atom. The Morgan fingerprint density at radius 2 is 1.38 bits per heavy atom. The normalized spacial score (nSPS) is 14.8. The molecule has 156 valence electrons. The lowest BCUT2D eigenvalue weighted by Gasteiger charge is -2.11. The van der Waals surface area contributed by atoms with E-state index in [0.717, 1.165) is 16.9 Å². The summed E-state index contributed by atoms with van der Waals surface area (Å²) in [4.78, 5) is 13.2. The van der Waals surface area contributed by atoms with E-state index >= 15 is 0 Å². The van der Waals surface area contributed by atoms with Gasteiger partial charge in [-0.15, -0.1) is 0 Å². The summed E-state index contributed by atoms with van der Waals surface area (Å²) in [6, 6.07) is 28.9. The fraction of sp³-hybridized carbons (Fsp3) is 0.0385. The number of halogens is 1. The van der Waals surface area contributed by atoms with Gasteiger partial charge < -0.3 is 0 Å². The fourth-order valence-corrected chi connectivity index (χ4v) is 3.94. The maximum absolute atomic E-state index is 13.2. The molecule has 0 spiro atoms. The summed E-state index contributed by atoms with van der Waals surface area (Å²) in [5.41, 5.74) is 4.96. The van der Waals surface area contributed by atoms with Crippen LogP contribution in [0.5, 0.6) is 0 Å². The Morgan fingerprint density at radius 1 is 0.812 bits per heavy atom. The molecule has 2 heterocycles. The predicted octanol–water partition coefficient (Wildman–Crippen LogP) is 6.00. The van der Waals surface area contributed by atoms with Crippen LogP contribution < -0.4 is 5.01 Å². The van der Waals surface area contributed by atoms with E-state index < -0.39 is 0 Å². The summed E-state index contributed by atoms with van der Waals surface area (Å²) in [7, 11) is 0. The van der Waals surface area contributed by atoms with Crippen molar-refractivity contribution in [1.82, 2.24) is 9.78 Å². The van der Waals surface area contributed by atoms with Crippen LogP contribution >= 0.6 is 11.6 Å². The minimum atomic E-state index is -0.198. The summed E-state index contributed by atoms with van der Waals surface area (Å²) in [6.07, 6.45) is 1.79.